The Balaban J connectivity index is 2.08. The van der Waals surface area contributed by atoms with Crippen LogP contribution in [0.15, 0.2) is 0 Å². The molecule has 2 nitrogen and oxygen atoms in total. The van der Waals surface area contributed by atoms with Gasteiger partial charge in [0.25, 0.3) is 0 Å². The minimum absolute atomic E-state index is 0.362. The molecule has 1 fully saturated rings. The fraction of sp³-hybridized carbons (Fsp3) is 1.00. The van der Waals surface area contributed by atoms with Crippen LogP contribution < -0.4 is 5.32 Å². The van der Waals surface area contributed by atoms with Gasteiger partial charge in [-0.3, -0.25) is 0 Å². The second-order valence-electron chi connectivity index (χ2n) is 2.79. The Bertz CT molecular complexity index is 66.6. The van der Waals surface area contributed by atoms with Gasteiger partial charge in [0.1, 0.15) is 0 Å². The first kappa shape index (κ1) is 7.03. The van der Waals surface area contributed by atoms with Crippen molar-refractivity contribution in [2.24, 2.45) is 0 Å². The van der Waals surface area contributed by atoms with Gasteiger partial charge >= 0.3 is 0 Å². The standard InChI is InChI=1S/C7H15NO/c9-6-4-7-3-1-2-5-8-7/h7-9H,1-6H2/p+1. The molecule has 1 heterocycles. The lowest BCUT2D eigenvalue weighted by atomic mass is 10.0. The maximum Gasteiger partial charge on any atom is 0.0881 e. The second kappa shape index (κ2) is 3.85. The Morgan fingerprint density at radius 1 is 1.44 bits per heavy atom. The third-order valence-corrected chi connectivity index (χ3v) is 2.03. The number of aliphatic hydroxyl groups is 1. The van der Waals surface area contributed by atoms with Gasteiger partial charge in [-0.05, 0) is 19.3 Å². The molecule has 1 saturated heterocycles. The minimum Gasteiger partial charge on any atom is -0.396 e. The molecule has 0 aliphatic carbocycles. The predicted octanol–water partition coefficient (Wildman–Crippen LogP) is -0.515. The normalized spacial score (nSPS) is 28.3. The first-order valence-corrected chi connectivity index (χ1v) is 3.87. The van der Waals surface area contributed by atoms with E-state index in [1.165, 1.54) is 25.8 Å². The second-order valence-corrected chi connectivity index (χ2v) is 2.79. The Labute approximate surface area is 56.3 Å². The van der Waals surface area contributed by atoms with Crippen molar-refractivity contribution >= 4 is 0 Å². The van der Waals surface area contributed by atoms with Crippen LogP contribution in [0.25, 0.3) is 0 Å². The molecule has 3 N–H and O–H groups in total. The molecule has 9 heavy (non-hydrogen) atoms. The number of piperidine rings is 1. The molecule has 1 aliphatic rings. The maximum atomic E-state index is 8.60. The lowest BCUT2D eigenvalue weighted by Crippen LogP contribution is -2.91. The van der Waals surface area contributed by atoms with Gasteiger partial charge in [0.05, 0.1) is 12.6 Å². The van der Waals surface area contributed by atoms with Crippen molar-refractivity contribution in [3.8, 4) is 0 Å². The molecule has 0 bridgehead atoms. The molecule has 0 aromatic carbocycles. The van der Waals surface area contributed by atoms with E-state index in [2.05, 4.69) is 5.32 Å². The van der Waals surface area contributed by atoms with E-state index >= 15 is 0 Å². The van der Waals surface area contributed by atoms with Gasteiger partial charge in [0.15, 0.2) is 0 Å². The molecular formula is C7H16NO+. The van der Waals surface area contributed by atoms with Crippen molar-refractivity contribution in [3.05, 3.63) is 0 Å². The molecule has 0 aromatic rings. The van der Waals surface area contributed by atoms with Gasteiger partial charge in [-0.2, -0.15) is 0 Å². The summed E-state index contributed by atoms with van der Waals surface area (Å²) in [6.45, 7) is 1.63. The van der Waals surface area contributed by atoms with Crippen molar-refractivity contribution in [1.29, 1.82) is 0 Å². The number of quaternary nitrogens is 1. The lowest BCUT2D eigenvalue weighted by molar-refractivity contribution is -0.698. The zero-order chi connectivity index (χ0) is 6.53. The van der Waals surface area contributed by atoms with E-state index in [0.717, 1.165) is 12.5 Å². The van der Waals surface area contributed by atoms with Gasteiger partial charge in [0, 0.05) is 13.0 Å². The SMILES string of the molecule is OCCC1CCCC[NH2+]1. The summed E-state index contributed by atoms with van der Waals surface area (Å²) in [6, 6.07) is 0.726. The van der Waals surface area contributed by atoms with E-state index < -0.39 is 0 Å². The number of hydrogen-bond donors (Lipinski definition) is 2. The number of hydrogen-bond acceptors (Lipinski definition) is 1. The van der Waals surface area contributed by atoms with Crippen molar-refractivity contribution < 1.29 is 10.4 Å². The van der Waals surface area contributed by atoms with Crippen LogP contribution in [0.4, 0.5) is 0 Å². The summed E-state index contributed by atoms with van der Waals surface area (Å²) >= 11 is 0. The molecule has 0 spiro atoms. The van der Waals surface area contributed by atoms with Crippen molar-refractivity contribution in [1.82, 2.24) is 0 Å². The Morgan fingerprint density at radius 3 is 2.89 bits per heavy atom. The summed E-state index contributed by atoms with van der Waals surface area (Å²) in [5.41, 5.74) is 0. The molecule has 0 radical (unpaired) electrons. The van der Waals surface area contributed by atoms with Crippen molar-refractivity contribution in [2.45, 2.75) is 31.7 Å². The van der Waals surface area contributed by atoms with E-state index in [-0.39, 0.29) is 0 Å². The lowest BCUT2D eigenvalue weighted by Gasteiger charge is -2.18. The van der Waals surface area contributed by atoms with Crippen LogP contribution in [0.5, 0.6) is 0 Å². The summed E-state index contributed by atoms with van der Waals surface area (Å²) in [5, 5.41) is 11.0. The fourth-order valence-corrected chi connectivity index (χ4v) is 1.45. The van der Waals surface area contributed by atoms with Crippen molar-refractivity contribution in [3.63, 3.8) is 0 Å². The molecular weight excluding hydrogens is 114 g/mol. The Morgan fingerprint density at radius 2 is 2.33 bits per heavy atom. The van der Waals surface area contributed by atoms with E-state index in [1.54, 1.807) is 0 Å². The first-order valence-electron chi connectivity index (χ1n) is 3.87. The highest BCUT2D eigenvalue weighted by molar-refractivity contribution is 4.57. The Kier molecular flexibility index (Phi) is 3.01. The van der Waals surface area contributed by atoms with Crippen LogP contribution >= 0.6 is 0 Å². The molecule has 1 unspecified atom stereocenters. The Hall–Kier alpha value is -0.0800. The minimum atomic E-state index is 0.362. The van der Waals surface area contributed by atoms with Crippen molar-refractivity contribution in [2.75, 3.05) is 13.2 Å². The van der Waals surface area contributed by atoms with Crippen LogP contribution in [0, 0.1) is 0 Å². The topological polar surface area (TPSA) is 36.8 Å². The summed E-state index contributed by atoms with van der Waals surface area (Å²) in [7, 11) is 0. The molecule has 1 atom stereocenters. The molecule has 54 valence electrons. The molecule has 1 rings (SSSR count). The third kappa shape index (κ3) is 2.33. The van der Waals surface area contributed by atoms with Crippen LogP contribution in [-0.4, -0.2) is 24.3 Å². The fourth-order valence-electron chi connectivity index (χ4n) is 1.45. The summed E-state index contributed by atoms with van der Waals surface area (Å²) in [6.07, 6.45) is 5.02. The highest BCUT2D eigenvalue weighted by Gasteiger charge is 2.14. The van der Waals surface area contributed by atoms with Crippen LogP contribution in [0.3, 0.4) is 0 Å². The van der Waals surface area contributed by atoms with E-state index in [1.807, 2.05) is 0 Å². The third-order valence-electron chi connectivity index (χ3n) is 2.03. The average molecular weight is 130 g/mol. The van der Waals surface area contributed by atoms with E-state index in [0.29, 0.717) is 6.61 Å². The first-order chi connectivity index (χ1) is 4.43. The van der Waals surface area contributed by atoms with Crippen LogP contribution in [0.2, 0.25) is 0 Å². The van der Waals surface area contributed by atoms with Gasteiger partial charge in [0.2, 0.25) is 0 Å². The summed E-state index contributed by atoms with van der Waals surface area (Å²) < 4.78 is 0. The number of nitrogens with two attached hydrogens (primary N) is 1. The smallest absolute Gasteiger partial charge is 0.0881 e. The number of aliphatic hydroxyl groups excluding tert-OH is 1. The number of rotatable bonds is 2. The maximum absolute atomic E-state index is 8.60. The van der Waals surface area contributed by atoms with Gasteiger partial charge in [-0.15, -0.1) is 0 Å². The summed E-state index contributed by atoms with van der Waals surface area (Å²) in [5.74, 6) is 0. The highest BCUT2D eigenvalue weighted by Crippen LogP contribution is 2.03. The largest absolute Gasteiger partial charge is 0.396 e. The monoisotopic (exact) mass is 130 g/mol. The molecule has 1 aliphatic heterocycles. The molecule has 2 heteroatoms. The molecule has 0 saturated carbocycles. The molecule has 0 amide bonds. The molecule has 0 aromatic heterocycles. The quantitative estimate of drug-likeness (QED) is 0.519. The average Bonchev–Trinajstić information content (AvgIpc) is 1.91. The van der Waals surface area contributed by atoms with Crippen LogP contribution in [0.1, 0.15) is 25.7 Å². The van der Waals surface area contributed by atoms with Gasteiger partial charge in [-0.25, -0.2) is 0 Å². The van der Waals surface area contributed by atoms with Gasteiger partial charge < -0.3 is 10.4 Å². The van der Waals surface area contributed by atoms with E-state index in [9.17, 15) is 0 Å². The predicted molar refractivity (Wildman–Crippen MR) is 36.1 cm³/mol. The summed E-state index contributed by atoms with van der Waals surface area (Å²) in [4.78, 5) is 0. The van der Waals surface area contributed by atoms with Gasteiger partial charge in [-0.1, -0.05) is 0 Å². The van der Waals surface area contributed by atoms with E-state index in [4.69, 9.17) is 5.11 Å². The zero-order valence-corrected chi connectivity index (χ0v) is 5.84. The highest BCUT2D eigenvalue weighted by atomic mass is 16.3. The zero-order valence-electron chi connectivity index (χ0n) is 5.84. The van der Waals surface area contributed by atoms with Crippen LogP contribution in [-0.2, 0) is 0 Å².